The van der Waals surface area contributed by atoms with Crippen LogP contribution in [0.15, 0.2) is 36.8 Å². The van der Waals surface area contributed by atoms with E-state index in [1.807, 2.05) is 0 Å². The Morgan fingerprint density at radius 1 is 1.32 bits per heavy atom. The minimum absolute atomic E-state index is 0.0795. The van der Waals surface area contributed by atoms with Gasteiger partial charge in [-0.05, 0) is 19.1 Å². The van der Waals surface area contributed by atoms with Gasteiger partial charge < -0.3 is 21.4 Å². The largest absolute Gasteiger partial charge is 0.348 e. The van der Waals surface area contributed by atoms with Crippen LogP contribution in [-0.2, 0) is 16.0 Å². The number of nitro groups is 1. The SMILES string of the molecule is C[C@H](NC(=O)[C@@H](N)Cc1cnc[nH]1)C(=O)Nc1ccc([N+](=O)[O-])cc1. The molecule has 0 aliphatic heterocycles. The van der Waals surface area contributed by atoms with Gasteiger partial charge in [-0.2, -0.15) is 0 Å². The van der Waals surface area contributed by atoms with Crippen LogP contribution < -0.4 is 16.4 Å². The van der Waals surface area contributed by atoms with Gasteiger partial charge in [0.2, 0.25) is 11.8 Å². The molecule has 132 valence electrons. The summed E-state index contributed by atoms with van der Waals surface area (Å²) in [6.45, 7) is 1.52. The number of aromatic amines is 1. The van der Waals surface area contributed by atoms with Gasteiger partial charge in [-0.25, -0.2) is 4.98 Å². The second-order valence-corrected chi connectivity index (χ2v) is 5.41. The molecule has 2 amide bonds. The number of anilines is 1. The number of aromatic nitrogens is 2. The van der Waals surface area contributed by atoms with Crippen molar-refractivity contribution in [2.75, 3.05) is 5.32 Å². The van der Waals surface area contributed by atoms with E-state index in [2.05, 4.69) is 20.6 Å². The summed E-state index contributed by atoms with van der Waals surface area (Å²) in [5, 5.41) is 15.7. The van der Waals surface area contributed by atoms with Gasteiger partial charge in [-0.15, -0.1) is 0 Å². The van der Waals surface area contributed by atoms with Gasteiger partial charge in [-0.1, -0.05) is 0 Å². The van der Waals surface area contributed by atoms with E-state index >= 15 is 0 Å². The number of nitrogens with one attached hydrogen (secondary N) is 3. The van der Waals surface area contributed by atoms with Gasteiger partial charge in [-0.3, -0.25) is 19.7 Å². The number of benzene rings is 1. The smallest absolute Gasteiger partial charge is 0.269 e. The lowest BCUT2D eigenvalue weighted by Crippen LogP contribution is -2.49. The Morgan fingerprint density at radius 2 is 2.00 bits per heavy atom. The molecular weight excluding hydrogens is 328 g/mol. The summed E-state index contributed by atoms with van der Waals surface area (Å²) in [7, 11) is 0. The molecule has 0 bridgehead atoms. The number of hydrogen-bond donors (Lipinski definition) is 4. The molecular formula is C15H18N6O4. The van der Waals surface area contributed by atoms with E-state index in [-0.39, 0.29) is 12.1 Å². The molecule has 1 aromatic heterocycles. The van der Waals surface area contributed by atoms with Crippen LogP contribution >= 0.6 is 0 Å². The molecule has 0 aliphatic carbocycles. The van der Waals surface area contributed by atoms with Gasteiger partial charge >= 0.3 is 0 Å². The third-order valence-electron chi connectivity index (χ3n) is 3.43. The molecule has 0 fully saturated rings. The Morgan fingerprint density at radius 3 is 2.56 bits per heavy atom. The van der Waals surface area contributed by atoms with Gasteiger partial charge in [0.1, 0.15) is 6.04 Å². The first-order chi connectivity index (χ1) is 11.9. The number of imidazole rings is 1. The van der Waals surface area contributed by atoms with Crippen LogP contribution in [0.25, 0.3) is 0 Å². The molecule has 2 atom stereocenters. The average Bonchev–Trinajstić information content (AvgIpc) is 3.08. The van der Waals surface area contributed by atoms with E-state index in [4.69, 9.17) is 5.73 Å². The summed E-state index contributed by atoms with van der Waals surface area (Å²) >= 11 is 0. The van der Waals surface area contributed by atoms with E-state index in [1.165, 1.54) is 37.5 Å². The number of amides is 2. The molecule has 0 spiro atoms. The van der Waals surface area contributed by atoms with Gasteiger partial charge in [0.25, 0.3) is 5.69 Å². The maximum absolute atomic E-state index is 12.1. The summed E-state index contributed by atoms with van der Waals surface area (Å²) < 4.78 is 0. The van der Waals surface area contributed by atoms with E-state index in [9.17, 15) is 19.7 Å². The van der Waals surface area contributed by atoms with Gasteiger partial charge in [0.15, 0.2) is 0 Å². The zero-order valence-electron chi connectivity index (χ0n) is 13.4. The number of nitrogens with two attached hydrogens (primary N) is 1. The van der Waals surface area contributed by atoms with Crippen LogP contribution in [0.1, 0.15) is 12.6 Å². The number of hydrogen-bond acceptors (Lipinski definition) is 6. The van der Waals surface area contributed by atoms with Gasteiger partial charge in [0.05, 0.1) is 17.3 Å². The number of non-ortho nitro benzene ring substituents is 1. The highest BCUT2D eigenvalue weighted by atomic mass is 16.6. The number of nitro benzene ring substituents is 1. The first-order valence-corrected chi connectivity index (χ1v) is 7.45. The molecule has 0 aliphatic rings. The Balaban J connectivity index is 1.86. The third-order valence-corrected chi connectivity index (χ3v) is 3.43. The van der Waals surface area contributed by atoms with Crippen LogP contribution in [0.5, 0.6) is 0 Å². The number of rotatable bonds is 7. The minimum Gasteiger partial charge on any atom is -0.348 e. The number of carbonyl (C=O) groups is 2. The predicted molar refractivity (Wildman–Crippen MR) is 89.6 cm³/mol. The first-order valence-electron chi connectivity index (χ1n) is 7.45. The predicted octanol–water partition coefficient (Wildman–Crippen LogP) is 0.331. The number of nitrogens with zero attached hydrogens (tertiary/aromatic N) is 2. The van der Waals surface area contributed by atoms with E-state index in [0.29, 0.717) is 11.4 Å². The Bertz CT molecular complexity index is 744. The van der Waals surface area contributed by atoms with Crippen molar-refractivity contribution >= 4 is 23.2 Å². The summed E-state index contributed by atoms with van der Waals surface area (Å²) in [6, 6.07) is 3.73. The molecule has 2 rings (SSSR count). The van der Waals surface area contributed by atoms with E-state index < -0.39 is 28.8 Å². The molecule has 10 heteroatoms. The summed E-state index contributed by atoms with van der Waals surface area (Å²) in [4.78, 5) is 40.9. The number of H-pyrrole nitrogens is 1. The monoisotopic (exact) mass is 346 g/mol. The van der Waals surface area contributed by atoms with Crippen LogP contribution in [0.4, 0.5) is 11.4 Å². The van der Waals surface area contributed by atoms with Crippen molar-refractivity contribution in [1.82, 2.24) is 15.3 Å². The van der Waals surface area contributed by atoms with Gasteiger partial charge in [0, 0.05) is 36.1 Å². The van der Waals surface area contributed by atoms with Crippen molar-refractivity contribution in [3.05, 3.63) is 52.6 Å². The van der Waals surface area contributed by atoms with Crippen LogP contribution in [0.2, 0.25) is 0 Å². The maximum atomic E-state index is 12.1. The van der Waals surface area contributed by atoms with E-state index in [1.54, 1.807) is 6.20 Å². The standard InChI is InChI=1S/C15H18N6O4/c1-9(19-15(23)13(16)6-11-7-17-8-18-11)14(22)20-10-2-4-12(5-3-10)21(24)25/h2-5,7-9,13H,6,16H2,1H3,(H,17,18)(H,19,23)(H,20,22)/t9-,13-/m0/s1. The lowest BCUT2D eigenvalue weighted by molar-refractivity contribution is -0.384. The molecule has 0 unspecified atom stereocenters. The molecule has 2 aromatic rings. The summed E-state index contributed by atoms with van der Waals surface area (Å²) in [5.74, 6) is -0.933. The lowest BCUT2D eigenvalue weighted by Gasteiger charge is -2.17. The van der Waals surface area contributed by atoms with Crippen molar-refractivity contribution < 1.29 is 14.5 Å². The highest BCUT2D eigenvalue weighted by Gasteiger charge is 2.21. The first kappa shape index (κ1) is 18.1. The van der Waals surface area contributed by atoms with Crippen molar-refractivity contribution in [3.63, 3.8) is 0 Å². The Hall–Kier alpha value is -3.27. The zero-order chi connectivity index (χ0) is 18.4. The second kappa shape index (κ2) is 8.02. The maximum Gasteiger partial charge on any atom is 0.269 e. The Kier molecular flexibility index (Phi) is 5.79. The normalized spacial score (nSPS) is 12.9. The number of carbonyl (C=O) groups excluding carboxylic acids is 2. The van der Waals surface area contributed by atoms with E-state index in [0.717, 1.165) is 0 Å². The second-order valence-electron chi connectivity index (χ2n) is 5.41. The average molecular weight is 346 g/mol. The van der Waals surface area contributed by atoms with Crippen LogP contribution in [-0.4, -0.2) is 38.8 Å². The summed E-state index contributed by atoms with van der Waals surface area (Å²) in [5.41, 5.74) is 6.82. The fourth-order valence-corrected chi connectivity index (χ4v) is 2.03. The molecule has 25 heavy (non-hydrogen) atoms. The molecule has 10 nitrogen and oxygen atoms in total. The Labute approximate surface area is 143 Å². The lowest BCUT2D eigenvalue weighted by atomic mass is 10.1. The fraction of sp³-hybridized carbons (Fsp3) is 0.267. The van der Waals surface area contributed by atoms with Crippen molar-refractivity contribution in [3.8, 4) is 0 Å². The quantitative estimate of drug-likeness (QED) is 0.418. The molecule has 0 saturated carbocycles. The van der Waals surface area contributed by atoms with Crippen LogP contribution in [0, 0.1) is 10.1 Å². The molecule has 0 saturated heterocycles. The molecule has 5 N–H and O–H groups in total. The molecule has 1 heterocycles. The van der Waals surface area contributed by atoms with Crippen LogP contribution in [0.3, 0.4) is 0 Å². The topological polar surface area (TPSA) is 156 Å². The van der Waals surface area contributed by atoms with Crippen molar-refractivity contribution in [1.29, 1.82) is 0 Å². The fourth-order valence-electron chi connectivity index (χ4n) is 2.03. The summed E-state index contributed by atoms with van der Waals surface area (Å²) in [6.07, 6.45) is 3.32. The van der Waals surface area contributed by atoms with Crippen molar-refractivity contribution in [2.24, 2.45) is 5.73 Å². The zero-order valence-corrected chi connectivity index (χ0v) is 13.4. The molecule has 0 radical (unpaired) electrons. The van der Waals surface area contributed by atoms with Crippen molar-refractivity contribution in [2.45, 2.75) is 25.4 Å². The minimum atomic E-state index is -0.824. The third kappa shape index (κ3) is 5.11. The molecule has 1 aromatic carbocycles. The highest BCUT2D eigenvalue weighted by molar-refractivity contribution is 5.97. The highest BCUT2D eigenvalue weighted by Crippen LogP contribution is 2.15.